The molecule has 1 aliphatic rings. The maximum absolute atomic E-state index is 13.4. The number of carbonyl (C=O) groups excluding carboxylic acids is 2. The maximum atomic E-state index is 13.4. The van der Waals surface area contributed by atoms with Crippen LogP contribution in [0.1, 0.15) is 27.1 Å². The summed E-state index contributed by atoms with van der Waals surface area (Å²) in [5.74, 6) is -0.627. The van der Waals surface area contributed by atoms with E-state index in [1.54, 1.807) is 0 Å². The fourth-order valence-electron chi connectivity index (χ4n) is 3.70. The molecular formula is C24H22N2O2S. The highest BCUT2D eigenvalue weighted by molar-refractivity contribution is 7.11. The highest BCUT2D eigenvalue weighted by Gasteiger charge is 2.40. The highest BCUT2D eigenvalue weighted by Crippen LogP contribution is 2.36. The van der Waals surface area contributed by atoms with Gasteiger partial charge in [-0.25, -0.2) is 4.90 Å². The monoisotopic (exact) mass is 402 g/mol. The summed E-state index contributed by atoms with van der Waals surface area (Å²) in [4.78, 5) is 28.9. The van der Waals surface area contributed by atoms with E-state index in [1.807, 2.05) is 75.5 Å². The highest BCUT2D eigenvalue weighted by atomic mass is 32.1. The number of benzene rings is 2. The SMILES string of the molecule is Cc1cc(C)cc(N2C(=O)C(Nc3ccc(C)cc3C)=C(c3cccs3)C2=O)c1. The standard InChI is InChI=1S/C24H22N2O2S/c1-14-7-8-19(17(4)11-14)25-22-21(20-6-5-9-29-20)23(27)26(24(22)28)18-12-15(2)10-16(3)13-18/h5-13,25H,1-4H3. The quantitative estimate of drug-likeness (QED) is 0.596. The molecule has 0 bridgehead atoms. The van der Waals surface area contributed by atoms with Crippen LogP contribution in [0.25, 0.3) is 5.57 Å². The summed E-state index contributed by atoms with van der Waals surface area (Å²) in [6.07, 6.45) is 0. The van der Waals surface area contributed by atoms with Crippen molar-refractivity contribution < 1.29 is 9.59 Å². The number of rotatable bonds is 4. The number of carbonyl (C=O) groups is 2. The summed E-state index contributed by atoms with van der Waals surface area (Å²) in [5, 5.41) is 5.17. The fraction of sp³-hybridized carbons (Fsp3) is 0.167. The molecule has 0 radical (unpaired) electrons. The lowest BCUT2D eigenvalue weighted by Gasteiger charge is -2.17. The Morgan fingerprint density at radius 3 is 2.17 bits per heavy atom. The van der Waals surface area contributed by atoms with Gasteiger partial charge in [0.05, 0.1) is 11.3 Å². The first kappa shape index (κ1) is 19.2. The fourth-order valence-corrected chi connectivity index (χ4v) is 4.47. The minimum absolute atomic E-state index is 0.297. The summed E-state index contributed by atoms with van der Waals surface area (Å²) in [5.41, 5.74) is 6.35. The molecule has 1 aromatic heterocycles. The molecule has 0 unspecified atom stereocenters. The van der Waals surface area contributed by atoms with Crippen LogP contribution in [0.4, 0.5) is 11.4 Å². The predicted octanol–water partition coefficient (Wildman–Crippen LogP) is 5.38. The first-order valence-electron chi connectivity index (χ1n) is 9.44. The van der Waals surface area contributed by atoms with Gasteiger partial charge in [0.25, 0.3) is 11.8 Å². The number of thiophene rings is 1. The molecule has 4 rings (SSSR count). The maximum Gasteiger partial charge on any atom is 0.282 e. The molecule has 29 heavy (non-hydrogen) atoms. The lowest BCUT2D eigenvalue weighted by Crippen LogP contribution is -2.32. The van der Waals surface area contributed by atoms with Crippen molar-refractivity contribution in [1.82, 2.24) is 0 Å². The first-order valence-corrected chi connectivity index (χ1v) is 10.3. The minimum atomic E-state index is -0.330. The second-order valence-electron chi connectivity index (χ2n) is 7.46. The van der Waals surface area contributed by atoms with Crippen LogP contribution in [-0.2, 0) is 9.59 Å². The Bertz CT molecular complexity index is 1140. The molecule has 146 valence electrons. The molecule has 2 amide bonds. The van der Waals surface area contributed by atoms with Crippen LogP contribution in [-0.4, -0.2) is 11.8 Å². The summed E-state index contributed by atoms with van der Waals surface area (Å²) >= 11 is 1.45. The zero-order chi connectivity index (χ0) is 20.7. The van der Waals surface area contributed by atoms with E-state index in [-0.39, 0.29) is 11.8 Å². The van der Waals surface area contributed by atoms with E-state index < -0.39 is 0 Å². The molecule has 2 heterocycles. The third kappa shape index (κ3) is 3.49. The van der Waals surface area contributed by atoms with Gasteiger partial charge in [-0.1, -0.05) is 29.8 Å². The number of nitrogens with one attached hydrogen (secondary N) is 1. The Balaban J connectivity index is 1.82. The summed E-state index contributed by atoms with van der Waals surface area (Å²) in [7, 11) is 0. The third-order valence-electron chi connectivity index (χ3n) is 4.96. The second-order valence-corrected chi connectivity index (χ2v) is 8.41. The van der Waals surface area contributed by atoms with Crippen molar-refractivity contribution in [3.8, 4) is 0 Å². The van der Waals surface area contributed by atoms with E-state index in [4.69, 9.17) is 0 Å². The molecule has 1 aliphatic heterocycles. The first-order chi connectivity index (χ1) is 13.8. The van der Waals surface area contributed by atoms with E-state index in [9.17, 15) is 9.59 Å². The van der Waals surface area contributed by atoms with E-state index in [0.29, 0.717) is 17.0 Å². The molecule has 2 aromatic carbocycles. The summed E-state index contributed by atoms with van der Waals surface area (Å²) in [6.45, 7) is 7.94. The molecule has 0 fully saturated rings. The molecule has 3 aromatic rings. The van der Waals surface area contributed by atoms with Crippen LogP contribution in [0, 0.1) is 27.7 Å². The van der Waals surface area contributed by atoms with Crippen molar-refractivity contribution in [1.29, 1.82) is 0 Å². The van der Waals surface area contributed by atoms with Crippen LogP contribution < -0.4 is 10.2 Å². The lowest BCUT2D eigenvalue weighted by molar-refractivity contribution is -0.120. The van der Waals surface area contributed by atoms with E-state index in [0.717, 1.165) is 32.8 Å². The molecule has 0 atom stereocenters. The molecule has 0 spiro atoms. The number of nitrogens with zero attached hydrogens (tertiary/aromatic N) is 1. The van der Waals surface area contributed by atoms with Crippen molar-refractivity contribution in [2.45, 2.75) is 27.7 Å². The lowest BCUT2D eigenvalue weighted by atomic mass is 10.1. The Kier molecular flexibility index (Phi) is 4.84. The van der Waals surface area contributed by atoms with Gasteiger partial charge in [0.1, 0.15) is 5.70 Å². The van der Waals surface area contributed by atoms with Crippen LogP contribution in [0.5, 0.6) is 0 Å². The van der Waals surface area contributed by atoms with Gasteiger partial charge in [-0.05, 0) is 74.0 Å². The third-order valence-corrected chi connectivity index (χ3v) is 5.85. The van der Waals surface area contributed by atoms with Gasteiger partial charge in [-0.15, -0.1) is 11.3 Å². The molecule has 0 saturated carbocycles. The molecule has 1 N–H and O–H groups in total. The topological polar surface area (TPSA) is 49.4 Å². The second kappa shape index (κ2) is 7.33. The van der Waals surface area contributed by atoms with Crippen molar-refractivity contribution in [3.63, 3.8) is 0 Å². The van der Waals surface area contributed by atoms with Crippen molar-refractivity contribution in [2.24, 2.45) is 0 Å². The largest absolute Gasteiger partial charge is 0.350 e. The zero-order valence-corrected chi connectivity index (χ0v) is 17.7. The van der Waals surface area contributed by atoms with Gasteiger partial charge in [-0.3, -0.25) is 9.59 Å². The van der Waals surface area contributed by atoms with Gasteiger partial charge in [0, 0.05) is 10.6 Å². The molecule has 0 aliphatic carbocycles. The van der Waals surface area contributed by atoms with Crippen LogP contribution >= 0.6 is 11.3 Å². The number of hydrogen-bond acceptors (Lipinski definition) is 4. The van der Waals surface area contributed by atoms with Gasteiger partial charge < -0.3 is 5.32 Å². The van der Waals surface area contributed by atoms with Crippen molar-refractivity contribution >= 4 is 40.1 Å². The van der Waals surface area contributed by atoms with E-state index in [1.165, 1.54) is 16.2 Å². The van der Waals surface area contributed by atoms with Crippen molar-refractivity contribution in [2.75, 3.05) is 10.2 Å². The molecule has 0 saturated heterocycles. The average Bonchev–Trinajstić information content (AvgIpc) is 3.23. The molecular weight excluding hydrogens is 380 g/mol. The minimum Gasteiger partial charge on any atom is -0.350 e. The van der Waals surface area contributed by atoms with Gasteiger partial charge in [0.15, 0.2) is 0 Å². The van der Waals surface area contributed by atoms with E-state index >= 15 is 0 Å². The van der Waals surface area contributed by atoms with Crippen LogP contribution in [0.15, 0.2) is 59.6 Å². The number of anilines is 2. The smallest absolute Gasteiger partial charge is 0.282 e. The average molecular weight is 403 g/mol. The van der Waals surface area contributed by atoms with Gasteiger partial charge in [0.2, 0.25) is 0 Å². The Morgan fingerprint density at radius 1 is 0.828 bits per heavy atom. The molecule has 5 heteroatoms. The Morgan fingerprint density at radius 2 is 1.55 bits per heavy atom. The summed E-state index contributed by atoms with van der Waals surface area (Å²) < 4.78 is 0. The van der Waals surface area contributed by atoms with Gasteiger partial charge in [-0.2, -0.15) is 0 Å². The van der Waals surface area contributed by atoms with Crippen molar-refractivity contribution in [3.05, 3.63) is 86.7 Å². The zero-order valence-electron chi connectivity index (χ0n) is 16.9. The number of aryl methyl sites for hydroxylation is 4. The number of imide groups is 1. The Labute approximate surface area is 174 Å². The van der Waals surface area contributed by atoms with E-state index in [2.05, 4.69) is 11.4 Å². The van der Waals surface area contributed by atoms with Gasteiger partial charge >= 0.3 is 0 Å². The predicted molar refractivity (Wildman–Crippen MR) is 119 cm³/mol. The number of amides is 2. The van der Waals surface area contributed by atoms with Crippen LogP contribution in [0.3, 0.4) is 0 Å². The number of hydrogen-bond donors (Lipinski definition) is 1. The molecule has 4 nitrogen and oxygen atoms in total. The summed E-state index contributed by atoms with van der Waals surface area (Å²) in [6, 6.07) is 15.5. The normalized spacial score (nSPS) is 14.1. The Hall–Kier alpha value is -3.18. The van der Waals surface area contributed by atoms with Crippen LogP contribution in [0.2, 0.25) is 0 Å².